The van der Waals surface area contributed by atoms with Gasteiger partial charge in [0.05, 0.1) is 32.7 Å². The fraction of sp³-hybridized carbons (Fsp3) is 0.0625. The van der Waals surface area contributed by atoms with Gasteiger partial charge in [-0.25, -0.2) is 0 Å². The average Bonchev–Trinajstić information content (AvgIpc) is 4.11. The van der Waals surface area contributed by atoms with Crippen LogP contribution in [0.5, 0.6) is 0 Å². The molecule has 0 spiro atoms. The van der Waals surface area contributed by atoms with Gasteiger partial charge in [-0.05, 0) is 110 Å². The Balaban J connectivity index is 1.37. The molecule has 0 amide bonds. The first-order chi connectivity index (χ1) is 37.1. The van der Waals surface area contributed by atoms with Crippen LogP contribution in [0.25, 0.3) is 93.2 Å². The molecule has 0 unspecified atom stereocenters. The van der Waals surface area contributed by atoms with Crippen molar-refractivity contribution in [2.75, 3.05) is 4.90 Å². The van der Waals surface area contributed by atoms with Gasteiger partial charge in [0.2, 0.25) is 0 Å². The molecule has 5 heteroatoms. The Labute approximate surface area is 422 Å². The van der Waals surface area contributed by atoms with Gasteiger partial charge >= 0.3 is 0 Å². The van der Waals surface area contributed by atoms with Crippen LogP contribution in [0.2, 0.25) is 10.0 Å². The first kappa shape index (κ1) is 34.5. The number of anilines is 3. The molecule has 0 saturated carbocycles. The quantitative estimate of drug-likeness (QED) is 0.166. The predicted molar refractivity (Wildman–Crippen MR) is 295 cm³/mol. The molecule has 0 aliphatic carbocycles. The van der Waals surface area contributed by atoms with Crippen molar-refractivity contribution in [1.82, 2.24) is 4.57 Å². The molecule has 0 radical (unpaired) electrons. The minimum Gasteiger partial charge on any atom is -0.454 e. The van der Waals surface area contributed by atoms with E-state index in [1.165, 1.54) is 6.07 Å². The summed E-state index contributed by atoms with van der Waals surface area (Å²) in [5.74, 6) is 0. The number of aromatic nitrogens is 1. The van der Waals surface area contributed by atoms with Gasteiger partial charge < -0.3 is 13.9 Å². The van der Waals surface area contributed by atoms with Crippen LogP contribution in [0.1, 0.15) is 37.3 Å². The summed E-state index contributed by atoms with van der Waals surface area (Å²) in [6, 6.07) is 53.8. The summed E-state index contributed by atoms with van der Waals surface area (Å²) in [5, 5.41) is 5.48. The fourth-order valence-corrected chi connectivity index (χ4v) is 10.1. The van der Waals surface area contributed by atoms with Gasteiger partial charge in [0.1, 0.15) is 5.58 Å². The van der Waals surface area contributed by atoms with E-state index in [-0.39, 0.29) is 68.9 Å². The highest BCUT2D eigenvalue weighted by Crippen LogP contribution is 2.48. The normalized spacial score (nSPS) is 13.5. The zero-order valence-electron chi connectivity index (χ0n) is 45.8. The summed E-state index contributed by atoms with van der Waals surface area (Å²) in [6.07, 6.45) is 0. The second kappa shape index (κ2) is 17.1. The van der Waals surface area contributed by atoms with E-state index in [1.54, 1.807) is 11.0 Å². The molecule has 69 heavy (non-hydrogen) atoms. The van der Waals surface area contributed by atoms with Crippen molar-refractivity contribution in [1.29, 1.82) is 0 Å². The molecule has 332 valence electrons. The van der Waals surface area contributed by atoms with Crippen LogP contribution >= 0.6 is 23.2 Å². The number of nitrogens with zero attached hydrogens (tertiary/aromatic N) is 2. The molecule has 2 heterocycles. The highest BCUT2D eigenvalue weighted by atomic mass is 35.5. The largest absolute Gasteiger partial charge is 0.454 e. The fourth-order valence-electron chi connectivity index (χ4n) is 9.69. The Bertz CT molecular complexity index is 4510. The van der Waals surface area contributed by atoms with Gasteiger partial charge in [0.25, 0.3) is 0 Å². The molecular formula is C64H46Cl2N2O. The monoisotopic (exact) mass is 936 g/mol. The molecule has 10 aromatic carbocycles. The van der Waals surface area contributed by atoms with E-state index in [0.29, 0.717) is 44.3 Å². The van der Waals surface area contributed by atoms with Gasteiger partial charge in [0.15, 0.2) is 5.58 Å². The zero-order valence-corrected chi connectivity index (χ0v) is 39.3. The summed E-state index contributed by atoms with van der Waals surface area (Å²) in [5.41, 5.74) is 5.10. The standard InChI is InChI=1S/C64H46Cl2N2O/c1-64(2,3)43-37-46(67(45-24-16-23-44(65)39-45)58-36-35-48(41-19-6-4-7-20-41)60-55-29-14-15-34-59(55)69-63(58)60)40-47(38-43)68-57-33-18-32-56(66)61(57)53-28-13-12-26-51(53)50-25-10-11-27-52(50)54-31-17-30-49(62(54)68)42-21-8-5-9-22-42/h4-40H,1-3H3/i16D,18D,23D,24D,32D,33D,37D,38D. The van der Waals surface area contributed by atoms with Crippen molar-refractivity contribution in [2.45, 2.75) is 26.2 Å². The number of hydrogen-bond donors (Lipinski definition) is 0. The SMILES string of the molecule is [2H]c1c(Cl)cc(N(c2cc(-n3c4c(-c5ccccc5)cccc4c4ccccc4c4ccccc4c4c(Cl)c([2H])c([2H])c([2H])c43)c([2H])c(C(C)(C)C)c2[2H])c2ccc(-c3ccccc3)c3c2oc2ccccc23)c([2H])c1[2H]. The van der Waals surface area contributed by atoms with Gasteiger partial charge in [-0.1, -0.05) is 208 Å². The van der Waals surface area contributed by atoms with Crippen molar-refractivity contribution in [3.63, 3.8) is 0 Å². The molecule has 0 saturated heterocycles. The van der Waals surface area contributed by atoms with Gasteiger partial charge in [0, 0.05) is 49.2 Å². The molecule has 3 nitrogen and oxygen atoms in total. The van der Waals surface area contributed by atoms with E-state index in [0.717, 1.165) is 49.0 Å². The maximum Gasteiger partial charge on any atom is 0.160 e. The van der Waals surface area contributed by atoms with Crippen molar-refractivity contribution in [2.24, 2.45) is 0 Å². The summed E-state index contributed by atoms with van der Waals surface area (Å²) in [4.78, 5) is 1.68. The lowest BCUT2D eigenvalue weighted by Crippen LogP contribution is -2.16. The van der Waals surface area contributed by atoms with Crippen LogP contribution in [0, 0.1) is 0 Å². The lowest BCUT2D eigenvalue weighted by Gasteiger charge is -2.30. The van der Waals surface area contributed by atoms with Crippen molar-refractivity contribution in [3.8, 4) is 27.9 Å². The molecule has 0 N–H and O–H groups in total. The first-order valence-corrected chi connectivity index (χ1v) is 23.5. The molecular weight excluding hydrogens is 884 g/mol. The Morgan fingerprint density at radius 3 is 1.86 bits per heavy atom. The van der Waals surface area contributed by atoms with Crippen LogP contribution in [-0.2, 0) is 5.41 Å². The summed E-state index contributed by atoms with van der Waals surface area (Å²) >= 11 is 14.4. The number of halogens is 2. The Morgan fingerprint density at radius 1 is 0.522 bits per heavy atom. The third-order valence-corrected chi connectivity index (χ3v) is 13.3. The van der Waals surface area contributed by atoms with E-state index >= 15 is 0 Å². The maximum absolute atomic E-state index is 10.7. The van der Waals surface area contributed by atoms with E-state index in [1.807, 2.05) is 189 Å². The topological polar surface area (TPSA) is 21.3 Å². The minimum atomic E-state index is -0.931. The zero-order chi connectivity index (χ0) is 53.8. The van der Waals surface area contributed by atoms with Gasteiger partial charge in [-0.2, -0.15) is 0 Å². The maximum atomic E-state index is 10.7. The number of benzene rings is 10. The molecule has 0 fully saturated rings. The van der Waals surface area contributed by atoms with Crippen molar-refractivity contribution >= 4 is 106 Å². The Kier molecular flexibility index (Phi) is 8.52. The van der Waals surface area contributed by atoms with E-state index < -0.39 is 17.5 Å². The molecule has 0 aliphatic rings. The van der Waals surface area contributed by atoms with Crippen molar-refractivity contribution < 1.29 is 15.4 Å². The summed E-state index contributed by atoms with van der Waals surface area (Å²) in [6.45, 7) is 5.78. The van der Waals surface area contributed by atoms with E-state index in [2.05, 4.69) is 0 Å². The number of fused-ring (bicyclic) bond motifs is 10. The summed E-state index contributed by atoms with van der Waals surface area (Å²) in [7, 11) is 0. The molecule has 0 aliphatic heterocycles. The summed E-state index contributed by atoms with van der Waals surface area (Å²) < 4.78 is 86.5. The third-order valence-electron chi connectivity index (χ3n) is 12.8. The average molecular weight is 938 g/mol. The number of rotatable bonds is 6. The highest BCUT2D eigenvalue weighted by molar-refractivity contribution is 6.38. The van der Waals surface area contributed by atoms with Gasteiger partial charge in [-0.3, -0.25) is 0 Å². The van der Waals surface area contributed by atoms with Crippen LogP contribution in [0.3, 0.4) is 0 Å². The molecule has 2 aromatic heterocycles. The molecule has 12 aromatic rings. The molecule has 12 rings (SSSR count). The van der Waals surface area contributed by atoms with Crippen LogP contribution < -0.4 is 4.90 Å². The van der Waals surface area contributed by atoms with Crippen molar-refractivity contribution in [3.05, 3.63) is 240 Å². The van der Waals surface area contributed by atoms with Crippen LogP contribution in [0.15, 0.2) is 229 Å². The number of furan rings is 1. The second-order valence-corrected chi connectivity index (χ2v) is 18.9. The van der Waals surface area contributed by atoms with Gasteiger partial charge in [-0.15, -0.1) is 0 Å². The van der Waals surface area contributed by atoms with E-state index in [4.69, 9.17) is 30.4 Å². The van der Waals surface area contributed by atoms with E-state index in [9.17, 15) is 8.22 Å². The lowest BCUT2D eigenvalue weighted by molar-refractivity contribution is 0.590. The number of para-hydroxylation sites is 2. The minimum absolute atomic E-state index is 0.0594. The Hall–Kier alpha value is -7.82. The molecule has 0 bridgehead atoms. The predicted octanol–water partition coefficient (Wildman–Crippen LogP) is 19.5. The second-order valence-electron chi connectivity index (χ2n) is 18.1. The number of hydrogen-bond acceptors (Lipinski definition) is 2. The smallest absolute Gasteiger partial charge is 0.160 e. The lowest BCUT2D eigenvalue weighted by atomic mass is 9.86. The van der Waals surface area contributed by atoms with Crippen LogP contribution in [-0.4, -0.2) is 4.57 Å². The highest BCUT2D eigenvalue weighted by Gasteiger charge is 2.26. The molecule has 0 atom stereocenters. The third kappa shape index (κ3) is 7.38. The van der Waals surface area contributed by atoms with Crippen LogP contribution in [0.4, 0.5) is 17.1 Å². The Morgan fingerprint density at radius 2 is 1.13 bits per heavy atom. The first-order valence-electron chi connectivity index (χ1n) is 26.7.